The summed E-state index contributed by atoms with van der Waals surface area (Å²) in [6.45, 7) is 5.11. The van der Waals surface area contributed by atoms with Gasteiger partial charge in [-0.15, -0.1) is 0 Å². The lowest BCUT2D eigenvalue weighted by Crippen LogP contribution is -2.46. The third-order valence-electron chi connectivity index (χ3n) is 4.48. The largest absolute Gasteiger partial charge is 0.367 e. The van der Waals surface area contributed by atoms with Gasteiger partial charge in [0.25, 0.3) is 0 Å². The van der Waals surface area contributed by atoms with Crippen molar-refractivity contribution < 1.29 is 0 Å². The van der Waals surface area contributed by atoms with Crippen LogP contribution in [-0.2, 0) is 6.54 Å². The fourth-order valence-electron chi connectivity index (χ4n) is 2.97. The van der Waals surface area contributed by atoms with Gasteiger partial charge >= 0.3 is 0 Å². The molecule has 1 aliphatic carbocycles. The second-order valence-electron chi connectivity index (χ2n) is 6.41. The van der Waals surface area contributed by atoms with E-state index < -0.39 is 0 Å². The second-order valence-corrected chi connectivity index (χ2v) is 6.41. The molecule has 4 rings (SSSR count). The molecule has 2 aromatic rings. The monoisotopic (exact) mass is 309 g/mol. The Morgan fingerprint density at radius 1 is 1.00 bits per heavy atom. The molecule has 2 heterocycles. The zero-order chi connectivity index (χ0) is 15.5. The summed E-state index contributed by atoms with van der Waals surface area (Å²) in [5.41, 5.74) is 1.38. The molecule has 2 aliphatic rings. The number of benzene rings is 1. The van der Waals surface area contributed by atoms with Crippen LogP contribution in [0.1, 0.15) is 18.4 Å². The lowest BCUT2D eigenvalue weighted by atomic mass is 10.2. The van der Waals surface area contributed by atoms with E-state index in [-0.39, 0.29) is 0 Å². The van der Waals surface area contributed by atoms with E-state index in [1.165, 1.54) is 18.4 Å². The van der Waals surface area contributed by atoms with Gasteiger partial charge in [0.15, 0.2) is 0 Å². The molecular formula is C18H23N5. The van der Waals surface area contributed by atoms with Crippen LogP contribution in [0.2, 0.25) is 0 Å². The predicted molar refractivity (Wildman–Crippen MR) is 92.6 cm³/mol. The highest BCUT2D eigenvalue weighted by atomic mass is 15.3. The standard InChI is InChI=1S/C18H23N5/c1-2-4-15(5-3-1)14-22-10-12-23(13-11-22)18-19-9-8-17(21-18)20-16-6-7-16/h1-5,8-9,16H,6-7,10-14H2,(H,19,20,21). The smallest absolute Gasteiger partial charge is 0.227 e. The Hall–Kier alpha value is -2.14. The van der Waals surface area contributed by atoms with Gasteiger partial charge in [0.2, 0.25) is 5.95 Å². The highest BCUT2D eigenvalue weighted by Gasteiger charge is 2.23. The van der Waals surface area contributed by atoms with Gasteiger partial charge in [0.1, 0.15) is 5.82 Å². The van der Waals surface area contributed by atoms with Crippen LogP contribution >= 0.6 is 0 Å². The molecule has 120 valence electrons. The summed E-state index contributed by atoms with van der Waals surface area (Å²) in [7, 11) is 0. The minimum absolute atomic E-state index is 0.625. The maximum atomic E-state index is 4.67. The first-order valence-electron chi connectivity index (χ1n) is 8.48. The van der Waals surface area contributed by atoms with Crippen molar-refractivity contribution in [2.75, 3.05) is 36.4 Å². The molecule has 1 N–H and O–H groups in total. The van der Waals surface area contributed by atoms with Crippen LogP contribution in [0.5, 0.6) is 0 Å². The Kier molecular flexibility index (Phi) is 4.11. The second kappa shape index (κ2) is 6.54. The first-order valence-corrected chi connectivity index (χ1v) is 8.48. The van der Waals surface area contributed by atoms with E-state index in [0.717, 1.165) is 44.5 Å². The van der Waals surface area contributed by atoms with E-state index in [4.69, 9.17) is 0 Å². The molecule has 0 atom stereocenters. The number of nitrogens with one attached hydrogen (secondary N) is 1. The molecule has 2 fully saturated rings. The van der Waals surface area contributed by atoms with Crippen LogP contribution < -0.4 is 10.2 Å². The van der Waals surface area contributed by atoms with Crippen molar-refractivity contribution in [3.8, 4) is 0 Å². The summed E-state index contributed by atoms with van der Waals surface area (Å²) in [5.74, 6) is 1.82. The molecule has 5 heteroatoms. The van der Waals surface area contributed by atoms with Crippen molar-refractivity contribution in [2.45, 2.75) is 25.4 Å². The number of piperazine rings is 1. The van der Waals surface area contributed by atoms with Crippen molar-refractivity contribution >= 4 is 11.8 Å². The maximum Gasteiger partial charge on any atom is 0.227 e. The minimum atomic E-state index is 0.625. The fraction of sp³-hybridized carbons (Fsp3) is 0.444. The lowest BCUT2D eigenvalue weighted by Gasteiger charge is -2.34. The molecule has 0 bridgehead atoms. The van der Waals surface area contributed by atoms with Crippen molar-refractivity contribution in [1.82, 2.24) is 14.9 Å². The van der Waals surface area contributed by atoms with E-state index >= 15 is 0 Å². The van der Waals surface area contributed by atoms with E-state index in [2.05, 4.69) is 55.4 Å². The number of rotatable bonds is 5. The number of hydrogen-bond acceptors (Lipinski definition) is 5. The Labute approximate surface area is 137 Å². The Morgan fingerprint density at radius 2 is 1.78 bits per heavy atom. The summed E-state index contributed by atoms with van der Waals surface area (Å²) >= 11 is 0. The molecule has 5 nitrogen and oxygen atoms in total. The van der Waals surface area contributed by atoms with Gasteiger partial charge in [0, 0.05) is 45.0 Å². The van der Waals surface area contributed by atoms with Crippen LogP contribution in [0.4, 0.5) is 11.8 Å². The van der Waals surface area contributed by atoms with Crippen LogP contribution in [0.3, 0.4) is 0 Å². The summed E-state index contributed by atoms with van der Waals surface area (Å²) in [5, 5.41) is 3.45. The highest BCUT2D eigenvalue weighted by Crippen LogP contribution is 2.24. The number of hydrogen-bond donors (Lipinski definition) is 1. The predicted octanol–water partition coefficient (Wildman–Crippen LogP) is 2.37. The van der Waals surface area contributed by atoms with Crippen LogP contribution in [0, 0.1) is 0 Å². The quantitative estimate of drug-likeness (QED) is 0.918. The third-order valence-corrected chi connectivity index (χ3v) is 4.48. The number of nitrogens with zero attached hydrogens (tertiary/aromatic N) is 4. The van der Waals surface area contributed by atoms with Gasteiger partial charge in [-0.05, 0) is 24.5 Å². The first-order chi connectivity index (χ1) is 11.4. The molecule has 0 amide bonds. The molecule has 1 aromatic carbocycles. The topological polar surface area (TPSA) is 44.3 Å². The molecule has 1 aliphatic heterocycles. The van der Waals surface area contributed by atoms with Gasteiger partial charge in [-0.1, -0.05) is 30.3 Å². The SMILES string of the molecule is c1ccc(CN2CCN(c3nccc(NC4CC4)n3)CC2)cc1. The van der Waals surface area contributed by atoms with E-state index in [0.29, 0.717) is 6.04 Å². The van der Waals surface area contributed by atoms with Crippen LogP contribution in [0.25, 0.3) is 0 Å². The molecule has 1 saturated carbocycles. The molecule has 0 spiro atoms. The molecular weight excluding hydrogens is 286 g/mol. The van der Waals surface area contributed by atoms with Crippen molar-refractivity contribution in [3.63, 3.8) is 0 Å². The normalized spacial score (nSPS) is 18.9. The number of anilines is 2. The summed E-state index contributed by atoms with van der Waals surface area (Å²) in [6.07, 6.45) is 4.39. The van der Waals surface area contributed by atoms with Crippen LogP contribution in [0.15, 0.2) is 42.6 Å². The highest BCUT2D eigenvalue weighted by molar-refractivity contribution is 5.43. The van der Waals surface area contributed by atoms with Crippen molar-refractivity contribution in [3.05, 3.63) is 48.2 Å². The maximum absolute atomic E-state index is 4.67. The zero-order valence-electron chi connectivity index (χ0n) is 13.4. The lowest BCUT2D eigenvalue weighted by molar-refractivity contribution is 0.248. The van der Waals surface area contributed by atoms with Gasteiger partial charge in [-0.2, -0.15) is 4.98 Å². The van der Waals surface area contributed by atoms with Crippen molar-refractivity contribution in [2.24, 2.45) is 0 Å². The number of aromatic nitrogens is 2. The van der Waals surface area contributed by atoms with Crippen LogP contribution in [-0.4, -0.2) is 47.1 Å². The first kappa shape index (κ1) is 14.5. The van der Waals surface area contributed by atoms with Gasteiger partial charge in [-0.3, -0.25) is 4.90 Å². The van der Waals surface area contributed by atoms with Gasteiger partial charge in [-0.25, -0.2) is 4.98 Å². The molecule has 1 saturated heterocycles. The molecule has 0 radical (unpaired) electrons. The molecule has 0 unspecified atom stereocenters. The van der Waals surface area contributed by atoms with Crippen molar-refractivity contribution in [1.29, 1.82) is 0 Å². The summed E-state index contributed by atoms with van der Waals surface area (Å²) in [4.78, 5) is 13.9. The Balaban J connectivity index is 1.34. The fourth-order valence-corrected chi connectivity index (χ4v) is 2.97. The minimum Gasteiger partial charge on any atom is -0.367 e. The average Bonchev–Trinajstić information content (AvgIpc) is 3.41. The van der Waals surface area contributed by atoms with E-state index in [9.17, 15) is 0 Å². The Morgan fingerprint density at radius 3 is 2.52 bits per heavy atom. The molecule has 23 heavy (non-hydrogen) atoms. The Bertz CT molecular complexity index is 633. The summed E-state index contributed by atoms with van der Waals surface area (Å²) in [6, 6.07) is 13.3. The van der Waals surface area contributed by atoms with E-state index in [1.54, 1.807) is 0 Å². The zero-order valence-corrected chi connectivity index (χ0v) is 13.4. The van der Waals surface area contributed by atoms with E-state index in [1.807, 2.05) is 12.3 Å². The average molecular weight is 309 g/mol. The summed E-state index contributed by atoms with van der Waals surface area (Å²) < 4.78 is 0. The van der Waals surface area contributed by atoms with Gasteiger partial charge < -0.3 is 10.2 Å². The molecule has 1 aromatic heterocycles. The van der Waals surface area contributed by atoms with Gasteiger partial charge in [0.05, 0.1) is 0 Å². The third kappa shape index (κ3) is 3.79.